The van der Waals surface area contributed by atoms with E-state index in [9.17, 15) is 4.79 Å². The first-order valence-corrected chi connectivity index (χ1v) is 11.5. The minimum Gasteiger partial charge on any atom is -0.316 e. The van der Waals surface area contributed by atoms with Gasteiger partial charge in [0.1, 0.15) is 5.82 Å². The van der Waals surface area contributed by atoms with Gasteiger partial charge < -0.3 is 5.32 Å². The van der Waals surface area contributed by atoms with Crippen molar-refractivity contribution in [2.75, 3.05) is 18.4 Å². The molecule has 172 valence electrons. The number of anilines is 1. The molecule has 0 aliphatic carbocycles. The van der Waals surface area contributed by atoms with Crippen molar-refractivity contribution in [2.45, 2.75) is 57.3 Å². The number of carbonyl (C=O) groups is 1. The summed E-state index contributed by atoms with van der Waals surface area (Å²) in [6.07, 6.45) is 9.53. The van der Waals surface area contributed by atoms with Crippen LogP contribution in [0, 0.1) is 0 Å². The van der Waals surface area contributed by atoms with Gasteiger partial charge in [0, 0.05) is 42.8 Å². The number of hydrogen-bond donors (Lipinski definition) is 2. The van der Waals surface area contributed by atoms with Gasteiger partial charge in [0.2, 0.25) is 5.95 Å². The molecular weight excluding hydrogens is 412 g/mol. The lowest BCUT2D eigenvalue weighted by Crippen LogP contribution is -2.30. The van der Waals surface area contributed by atoms with Crippen molar-refractivity contribution in [1.29, 1.82) is 0 Å². The molecule has 33 heavy (non-hydrogen) atoms. The molecule has 7 nitrogen and oxygen atoms in total. The number of benzene rings is 1. The minimum atomic E-state index is -0.222. The Morgan fingerprint density at radius 1 is 0.939 bits per heavy atom. The fourth-order valence-electron chi connectivity index (χ4n) is 4.59. The predicted octanol–water partition coefficient (Wildman–Crippen LogP) is 4.24. The Hall–Kier alpha value is -3.19. The third kappa shape index (κ3) is 5.42. The summed E-state index contributed by atoms with van der Waals surface area (Å²) in [7, 11) is 0. The lowest BCUT2D eigenvalue weighted by atomic mass is 9.70. The number of carbonyl (C=O) groups excluding carboxylic acids is 1. The van der Waals surface area contributed by atoms with Gasteiger partial charge in [0.25, 0.3) is 5.91 Å². The van der Waals surface area contributed by atoms with Crippen molar-refractivity contribution in [3.8, 4) is 0 Å². The Morgan fingerprint density at radius 2 is 1.52 bits per heavy atom. The molecule has 1 aliphatic rings. The molecule has 7 heteroatoms. The molecule has 0 radical (unpaired) electrons. The van der Waals surface area contributed by atoms with E-state index in [2.05, 4.69) is 58.3 Å². The first-order chi connectivity index (χ1) is 15.7. The molecule has 3 heterocycles. The Kier molecular flexibility index (Phi) is 6.51. The zero-order valence-electron chi connectivity index (χ0n) is 19.8. The van der Waals surface area contributed by atoms with E-state index in [1.54, 1.807) is 24.5 Å². The quantitative estimate of drug-likeness (QED) is 0.566. The average molecular weight is 445 g/mol. The Labute approximate surface area is 195 Å². The lowest BCUT2D eigenvalue weighted by molar-refractivity contribution is 0.102. The van der Waals surface area contributed by atoms with Gasteiger partial charge in [0.15, 0.2) is 0 Å². The monoisotopic (exact) mass is 444 g/mol. The Morgan fingerprint density at radius 3 is 2.06 bits per heavy atom. The maximum atomic E-state index is 12.3. The maximum Gasteiger partial charge on any atom is 0.258 e. The molecule has 3 aromatic rings. The predicted molar refractivity (Wildman–Crippen MR) is 129 cm³/mol. The van der Waals surface area contributed by atoms with Gasteiger partial charge >= 0.3 is 0 Å². The molecule has 2 N–H and O–H groups in total. The third-order valence-electron chi connectivity index (χ3n) is 6.46. The highest BCUT2D eigenvalue weighted by Crippen LogP contribution is 2.38. The summed E-state index contributed by atoms with van der Waals surface area (Å²) in [4.78, 5) is 30.5. The van der Waals surface area contributed by atoms with Gasteiger partial charge in [-0.25, -0.2) is 19.9 Å². The van der Waals surface area contributed by atoms with E-state index in [0.29, 0.717) is 17.4 Å². The molecule has 0 spiro atoms. The van der Waals surface area contributed by atoms with Crippen LogP contribution in [0.2, 0.25) is 0 Å². The largest absolute Gasteiger partial charge is 0.316 e. The molecule has 1 atom stereocenters. The Bertz CT molecular complexity index is 1070. The van der Waals surface area contributed by atoms with E-state index >= 15 is 0 Å². The summed E-state index contributed by atoms with van der Waals surface area (Å²) < 4.78 is 0. The van der Waals surface area contributed by atoms with Crippen molar-refractivity contribution >= 4 is 11.9 Å². The molecule has 0 bridgehead atoms. The second-order valence-electron chi connectivity index (χ2n) is 10.1. The highest BCUT2D eigenvalue weighted by Gasteiger charge is 2.33. The van der Waals surface area contributed by atoms with Crippen LogP contribution in [0.5, 0.6) is 0 Å². The molecule has 1 fully saturated rings. The molecule has 1 unspecified atom stereocenters. The summed E-state index contributed by atoms with van der Waals surface area (Å²) in [6.45, 7) is 10.8. The topological polar surface area (TPSA) is 92.7 Å². The molecule has 2 aromatic heterocycles. The first-order valence-electron chi connectivity index (χ1n) is 11.5. The molecule has 1 aliphatic heterocycles. The van der Waals surface area contributed by atoms with Gasteiger partial charge in [-0.1, -0.05) is 45.9 Å². The molecular formula is C26H32N6O. The van der Waals surface area contributed by atoms with Crippen LogP contribution in [0.25, 0.3) is 0 Å². The highest BCUT2D eigenvalue weighted by atomic mass is 16.1. The maximum absolute atomic E-state index is 12.3. The number of aromatic nitrogens is 4. The fourth-order valence-corrected chi connectivity index (χ4v) is 4.59. The average Bonchev–Trinajstić information content (AvgIpc) is 3.34. The summed E-state index contributed by atoms with van der Waals surface area (Å²) in [5.41, 5.74) is 2.40. The van der Waals surface area contributed by atoms with E-state index in [1.807, 2.05) is 30.6 Å². The zero-order valence-corrected chi connectivity index (χ0v) is 19.8. The summed E-state index contributed by atoms with van der Waals surface area (Å²) >= 11 is 0. The van der Waals surface area contributed by atoms with Gasteiger partial charge in [0.05, 0.1) is 0 Å². The van der Waals surface area contributed by atoms with E-state index in [0.717, 1.165) is 42.9 Å². The van der Waals surface area contributed by atoms with Crippen LogP contribution in [0.3, 0.4) is 0 Å². The van der Waals surface area contributed by atoms with Crippen molar-refractivity contribution in [3.63, 3.8) is 0 Å². The zero-order chi connectivity index (χ0) is 23.5. The molecule has 4 rings (SSSR count). The van der Waals surface area contributed by atoms with Crippen LogP contribution in [0.15, 0.2) is 55.1 Å². The standard InChI is InChI=1S/C26H32N6O/c1-25(2,20-13-28-22(29-14-20)19-10-11-27-12-19)17-26(3,4)21-15-30-24(31-16-21)32-23(33)18-8-6-5-7-9-18/h5-9,13-16,19,27H,10-12,17H2,1-4H3,(H,30,31,32,33). The van der Waals surface area contributed by atoms with Crippen molar-refractivity contribution in [3.05, 3.63) is 77.6 Å². The van der Waals surface area contributed by atoms with Crippen molar-refractivity contribution in [2.24, 2.45) is 0 Å². The van der Waals surface area contributed by atoms with Gasteiger partial charge in [-0.05, 0) is 53.5 Å². The second-order valence-corrected chi connectivity index (χ2v) is 10.1. The highest BCUT2D eigenvalue weighted by molar-refractivity contribution is 6.03. The van der Waals surface area contributed by atoms with E-state index in [4.69, 9.17) is 0 Å². The molecule has 1 amide bonds. The molecule has 1 aromatic carbocycles. The van der Waals surface area contributed by atoms with E-state index in [-0.39, 0.29) is 16.7 Å². The lowest BCUT2D eigenvalue weighted by Gasteiger charge is -2.35. The number of amides is 1. The smallest absolute Gasteiger partial charge is 0.258 e. The Balaban J connectivity index is 1.43. The van der Waals surface area contributed by atoms with Crippen LogP contribution in [-0.4, -0.2) is 38.9 Å². The van der Waals surface area contributed by atoms with Crippen LogP contribution < -0.4 is 10.6 Å². The van der Waals surface area contributed by atoms with E-state index in [1.165, 1.54) is 0 Å². The van der Waals surface area contributed by atoms with Crippen molar-refractivity contribution < 1.29 is 4.79 Å². The summed E-state index contributed by atoms with van der Waals surface area (Å²) in [6, 6.07) is 9.05. The number of rotatable bonds is 7. The minimum absolute atomic E-state index is 0.129. The molecule has 1 saturated heterocycles. The number of hydrogen-bond acceptors (Lipinski definition) is 6. The van der Waals surface area contributed by atoms with Crippen molar-refractivity contribution in [1.82, 2.24) is 25.3 Å². The summed E-state index contributed by atoms with van der Waals surface area (Å²) in [5, 5.41) is 6.13. The number of nitrogens with one attached hydrogen (secondary N) is 2. The molecule has 0 saturated carbocycles. The summed E-state index contributed by atoms with van der Waals surface area (Å²) in [5.74, 6) is 1.42. The normalized spacial score (nSPS) is 16.5. The van der Waals surface area contributed by atoms with Gasteiger partial charge in [-0.15, -0.1) is 0 Å². The SMILES string of the molecule is CC(C)(CC(C)(C)c1cnc(C2CCNC2)nc1)c1cnc(NC(=O)c2ccccc2)nc1. The van der Waals surface area contributed by atoms with Crippen LogP contribution in [-0.2, 0) is 10.8 Å². The van der Waals surface area contributed by atoms with Crippen LogP contribution >= 0.6 is 0 Å². The van der Waals surface area contributed by atoms with Gasteiger partial charge in [-0.3, -0.25) is 10.1 Å². The fraction of sp³-hybridized carbons (Fsp3) is 0.423. The number of nitrogens with zero attached hydrogens (tertiary/aromatic N) is 4. The first kappa shape index (κ1) is 23.0. The second kappa shape index (κ2) is 9.35. The van der Waals surface area contributed by atoms with Crippen LogP contribution in [0.4, 0.5) is 5.95 Å². The third-order valence-corrected chi connectivity index (χ3v) is 6.46. The van der Waals surface area contributed by atoms with Crippen LogP contribution in [0.1, 0.15) is 73.8 Å². The van der Waals surface area contributed by atoms with E-state index < -0.39 is 0 Å². The van der Waals surface area contributed by atoms with Gasteiger partial charge in [-0.2, -0.15) is 0 Å².